The van der Waals surface area contributed by atoms with Crippen LogP contribution in [0.3, 0.4) is 0 Å². The van der Waals surface area contributed by atoms with Crippen LogP contribution in [0.15, 0.2) is 42.9 Å². The van der Waals surface area contributed by atoms with E-state index in [-0.39, 0.29) is 12.0 Å². The summed E-state index contributed by atoms with van der Waals surface area (Å²) in [4.78, 5) is 17.2. The summed E-state index contributed by atoms with van der Waals surface area (Å²) in [5.41, 5.74) is 3.96. The molecule has 3 aromatic heterocycles. The molecule has 1 aromatic carbocycles. The maximum absolute atomic E-state index is 13.1. The van der Waals surface area contributed by atoms with Crippen molar-refractivity contribution < 1.29 is 18.0 Å². The van der Waals surface area contributed by atoms with Gasteiger partial charge >= 0.3 is 6.18 Å². The molecule has 170 valence electrons. The van der Waals surface area contributed by atoms with Crippen molar-refractivity contribution in [1.29, 1.82) is 0 Å². The molecule has 4 aromatic rings. The molecule has 0 unspecified atom stereocenters. The van der Waals surface area contributed by atoms with E-state index in [2.05, 4.69) is 20.4 Å². The molecule has 0 amide bonds. The number of nitrogens with zero attached hydrogens (tertiary/aromatic N) is 6. The molecule has 33 heavy (non-hydrogen) atoms. The van der Waals surface area contributed by atoms with Gasteiger partial charge in [-0.15, -0.1) is 5.10 Å². The van der Waals surface area contributed by atoms with Gasteiger partial charge in [0.25, 0.3) is 0 Å². The van der Waals surface area contributed by atoms with Crippen molar-refractivity contribution in [3.8, 4) is 16.9 Å². The Bertz CT molecular complexity index is 1350. The van der Waals surface area contributed by atoms with Crippen LogP contribution >= 0.6 is 0 Å². The smallest absolute Gasteiger partial charge is 0.294 e. The van der Waals surface area contributed by atoms with E-state index >= 15 is 0 Å². The highest BCUT2D eigenvalue weighted by atomic mass is 19.4. The summed E-state index contributed by atoms with van der Waals surface area (Å²) in [7, 11) is 1.84. The van der Waals surface area contributed by atoms with E-state index in [1.54, 1.807) is 47.9 Å². The van der Waals surface area contributed by atoms with E-state index in [9.17, 15) is 18.0 Å². The van der Waals surface area contributed by atoms with Crippen molar-refractivity contribution in [1.82, 2.24) is 29.8 Å². The lowest BCUT2D eigenvalue weighted by atomic mass is 9.97. The molecule has 3 heterocycles. The first kappa shape index (κ1) is 22.4. The van der Waals surface area contributed by atoms with E-state index in [0.717, 1.165) is 23.4 Å². The number of hydrogen-bond donors (Lipinski definition) is 0. The minimum atomic E-state index is -4.52. The average Bonchev–Trinajstić information content (AvgIpc) is 3.36. The Balaban J connectivity index is 1.63. The first-order valence-corrected chi connectivity index (χ1v) is 10.1. The summed E-state index contributed by atoms with van der Waals surface area (Å²) in [5, 5.41) is 12.6. The van der Waals surface area contributed by atoms with Crippen LogP contribution in [0.25, 0.3) is 16.9 Å². The molecular formula is C23H21F3N6O. The Labute approximate surface area is 187 Å². The number of carbonyl (C=O) groups excluding carboxylic acids is 1. The maximum atomic E-state index is 13.1. The molecule has 0 bridgehead atoms. The number of rotatable bonds is 5. The average molecular weight is 454 g/mol. The number of pyridine rings is 1. The van der Waals surface area contributed by atoms with Crippen molar-refractivity contribution in [2.75, 3.05) is 0 Å². The highest BCUT2D eigenvalue weighted by Gasteiger charge is 2.31. The molecule has 0 atom stereocenters. The van der Waals surface area contributed by atoms with Gasteiger partial charge in [-0.05, 0) is 50.1 Å². The third kappa shape index (κ3) is 4.41. The van der Waals surface area contributed by atoms with E-state index < -0.39 is 17.5 Å². The van der Waals surface area contributed by atoms with E-state index in [0.29, 0.717) is 28.2 Å². The number of halogens is 3. The molecule has 0 aliphatic carbocycles. The van der Waals surface area contributed by atoms with Crippen LogP contribution in [0.5, 0.6) is 0 Å². The van der Waals surface area contributed by atoms with Gasteiger partial charge in [0.1, 0.15) is 5.69 Å². The first-order valence-electron chi connectivity index (χ1n) is 10.1. The minimum Gasteiger partial charge on any atom is -0.294 e. The lowest BCUT2D eigenvalue weighted by Gasteiger charge is -2.11. The van der Waals surface area contributed by atoms with Crippen molar-refractivity contribution in [2.24, 2.45) is 7.05 Å². The molecule has 4 rings (SSSR count). The van der Waals surface area contributed by atoms with Gasteiger partial charge in [0.05, 0.1) is 29.3 Å². The van der Waals surface area contributed by atoms with Gasteiger partial charge in [-0.3, -0.25) is 14.5 Å². The molecule has 0 N–H and O–H groups in total. The van der Waals surface area contributed by atoms with Gasteiger partial charge in [-0.2, -0.15) is 18.3 Å². The van der Waals surface area contributed by atoms with Gasteiger partial charge in [0, 0.05) is 36.5 Å². The molecule has 0 radical (unpaired) electrons. The Kier molecular flexibility index (Phi) is 5.61. The van der Waals surface area contributed by atoms with Crippen LogP contribution in [-0.4, -0.2) is 35.5 Å². The molecule has 0 saturated heterocycles. The summed E-state index contributed by atoms with van der Waals surface area (Å²) in [6.45, 7) is 5.34. The molecule has 0 aliphatic rings. The van der Waals surface area contributed by atoms with Crippen LogP contribution in [-0.2, 0) is 19.6 Å². The number of Topliss-reactive ketones (excluding diaryl/α,β-unsaturated/α-hetero) is 1. The Hall–Kier alpha value is -3.82. The summed E-state index contributed by atoms with van der Waals surface area (Å²) < 4.78 is 42.6. The molecule has 0 saturated carbocycles. The van der Waals surface area contributed by atoms with E-state index in [1.165, 1.54) is 6.07 Å². The van der Waals surface area contributed by atoms with Crippen molar-refractivity contribution in [3.05, 3.63) is 76.5 Å². The second-order valence-corrected chi connectivity index (χ2v) is 7.89. The second-order valence-electron chi connectivity index (χ2n) is 7.89. The molecule has 7 nitrogen and oxygen atoms in total. The Morgan fingerprint density at radius 1 is 1.09 bits per heavy atom. The number of ketones is 1. The standard InChI is InChI=1S/C23H21F3N6O/c1-13-5-6-17(23(24,25)26)9-18(13)22(33)8-16-7-21(14(2)27-10-16)32-12-20(29-30-32)19-11-28-31(4)15(19)3/h5-7,9-12H,8H2,1-4H3. The zero-order valence-corrected chi connectivity index (χ0v) is 18.5. The lowest BCUT2D eigenvalue weighted by molar-refractivity contribution is -0.137. The number of hydrogen-bond acceptors (Lipinski definition) is 5. The maximum Gasteiger partial charge on any atom is 0.416 e. The summed E-state index contributed by atoms with van der Waals surface area (Å²) >= 11 is 0. The number of carbonyl (C=O) groups is 1. The number of alkyl halides is 3. The fourth-order valence-corrected chi connectivity index (χ4v) is 3.53. The predicted octanol–water partition coefficient (Wildman–Crippen LogP) is 4.43. The van der Waals surface area contributed by atoms with Crippen molar-refractivity contribution >= 4 is 5.78 Å². The highest BCUT2D eigenvalue weighted by Crippen LogP contribution is 2.31. The van der Waals surface area contributed by atoms with Crippen molar-refractivity contribution in [3.63, 3.8) is 0 Å². The lowest BCUT2D eigenvalue weighted by Crippen LogP contribution is -2.11. The normalized spacial score (nSPS) is 11.7. The summed E-state index contributed by atoms with van der Waals surface area (Å²) in [5.74, 6) is -0.416. The first-order chi connectivity index (χ1) is 15.5. The quantitative estimate of drug-likeness (QED) is 0.417. The molecule has 0 spiro atoms. The summed E-state index contributed by atoms with van der Waals surface area (Å²) in [6, 6.07) is 4.94. The zero-order chi connectivity index (χ0) is 23.9. The summed E-state index contributed by atoms with van der Waals surface area (Å²) in [6.07, 6.45) is 0.394. The van der Waals surface area contributed by atoms with E-state index in [1.807, 2.05) is 14.0 Å². The Morgan fingerprint density at radius 2 is 1.85 bits per heavy atom. The minimum absolute atomic E-state index is 0.0436. The fraction of sp³-hybridized carbons (Fsp3) is 0.261. The van der Waals surface area contributed by atoms with Gasteiger partial charge in [-0.1, -0.05) is 11.3 Å². The largest absolute Gasteiger partial charge is 0.416 e. The van der Waals surface area contributed by atoms with Gasteiger partial charge in [0.2, 0.25) is 0 Å². The third-order valence-corrected chi connectivity index (χ3v) is 5.60. The van der Waals surface area contributed by atoms with Gasteiger partial charge in [0.15, 0.2) is 5.78 Å². The number of aryl methyl sites for hydroxylation is 3. The Morgan fingerprint density at radius 3 is 2.52 bits per heavy atom. The predicted molar refractivity (Wildman–Crippen MR) is 115 cm³/mol. The fourth-order valence-electron chi connectivity index (χ4n) is 3.53. The third-order valence-electron chi connectivity index (χ3n) is 5.60. The molecule has 0 aliphatic heterocycles. The second kappa shape index (κ2) is 8.27. The van der Waals surface area contributed by atoms with Gasteiger partial charge < -0.3 is 0 Å². The SMILES string of the molecule is Cc1ccc(C(F)(F)F)cc1C(=O)Cc1cnc(C)c(-n2cc(-c3cnn(C)c3C)nn2)c1. The van der Waals surface area contributed by atoms with Crippen LogP contribution in [0, 0.1) is 20.8 Å². The number of aromatic nitrogens is 6. The van der Waals surface area contributed by atoms with Crippen LogP contribution in [0.1, 0.15) is 38.4 Å². The van der Waals surface area contributed by atoms with Crippen LogP contribution in [0.4, 0.5) is 13.2 Å². The highest BCUT2D eigenvalue weighted by molar-refractivity contribution is 5.99. The molecule has 10 heteroatoms. The zero-order valence-electron chi connectivity index (χ0n) is 18.5. The number of benzene rings is 1. The van der Waals surface area contributed by atoms with Crippen molar-refractivity contribution in [2.45, 2.75) is 33.4 Å². The topological polar surface area (TPSA) is 78.5 Å². The molecular weight excluding hydrogens is 433 g/mol. The van der Waals surface area contributed by atoms with Crippen LogP contribution in [0.2, 0.25) is 0 Å². The van der Waals surface area contributed by atoms with Crippen LogP contribution < -0.4 is 0 Å². The van der Waals surface area contributed by atoms with E-state index in [4.69, 9.17) is 0 Å². The monoisotopic (exact) mass is 454 g/mol. The van der Waals surface area contributed by atoms with Gasteiger partial charge in [-0.25, -0.2) is 4.68 Å². The molecule has 0 fully saturated rings.